The van der Waals surface area contributed by atoms with Gasteiger partial charge in [0.2, 0.25) is 5.43 Å². The van der Waals surface area contributed by atoms with Crippen molar-refractivity contribution in [3.8, 4) is 5.75 Å². The van der Waals surface area contributed by atoms with Gasteiger partial charge in [0.25, 0.3) is 0 Å². The number of carbonyl (C=O) groups is 1. The molecule has 2 aliphatic rings. The third kappa shape index (κ3) is 2.99. The maximum atomic E-state index is 15.6. The van der Waals surface area contributed by atoms with Crippen LogP contribution in [0.3, 0.4) is 0 Å². The zero-order chi connectivity index (χ0) is 22.0. The van der Waals surface area contributed by atoms with Crippen molar-refractivity contribution in [1.82, 2.24) is 4.57 Å². The van der Waals surface area contributed by atoms with E-state index in [4.69, 9.17) is 10.5 Å². The smallest absolute Gasteiger partial charge is 0.341 e. The molecule has 1 unspecified atom stereocenters. The Hall–Kier alpha value is -2.81. The third-order valence-electron chi connectivity index (χ3n) is 6.24. The summed E-state index contributed by atoms with van der Waals surface area (Å²) in [6, 6.07) is -0.00238. The molecule has 162 valence electrons. The van der Waals surface area contributed by atoms with Crippen LogP contribution >= 0.6 is 0 Å². The van der Waals surface area contributed by atoms with E-state index in [2.05, 4.69) is 0 Å². The average Bonchev–Trinajstić information content (AvgIpc) is 3.51. The minimum Gasteiger partial charge on any atom is -0.492 e. The average molecular weight is 419 g/mol. The number of carboxylic acid groups (broad SMARTS) is 1. The number of nitrogen functional groups attached to an aromatic ring is 1. The molecule has 30 heavy (non-hydrogen) atoms. The summed E-state index contributed by atoms with van der Waals surface area (Å²) in [6.07, 6.45) is 2.85. The molecule has 0 spiro atoms. The van der Waals surface area contributed by atoms with E-state index >= 15 is 4.39 Å². The lowest BCUT2D eigenvalue weighted by Crippen LogP contribution is -2.49. The molecule has 4 rings (SSSR count). The first-order valence-electron chi connectivity index (χ1n) is 9.98. The number of aromatic carboxylic acids is 1. The number of anilines is 2. The molecule has 1 aliphatic carbocycles. The Morgan fingerprint density at radius 1 is 1.33 bits per heavy atom. The van der Waals surface area contributed by atoms with E-state index in [0.717, 1.165) is 12.8 Å². The predicted molar refractivity (Wildman–Crippen MR) is 111 cm³/mol. The second kappa shape index (κ2) is 6.87. The lowest BCUT2D eigenvalue weighted by Gasteiger charge is -2.43. The van der Waals surface area contributed by atoms with Crippen LogP contribution in [0, 0.1) is 11.2 Å². The summed E-state index contributed by atoms with van der Waals surface area (Å²) in [6.45, 7) is 4.56. The van der Waals surface area contributed by atoms with Crippen LogP contribution in [0.25, 0.3) is 10.9 Å². The first kappa shape index (κ1) is 20.5. The van der Waals surface area contributed by atoms with Crippen LogP contribution in [0.4, 0.5) is 15.8 Å². The van der Waals surface area contributed by atoms with Gasteiger partial charge in [-0.25, -0.2) is 9.18 Å². The number of nitrogens with zero attached hydrogens (tertiary/aromatic N) is 2. The maximum absolute atomic E-state index is 15.6. The lowest BCUT2D eigenvalue weighted by atomic mass is 9.81. The van der Waals surface area contributed by atoms with E-state index in [1.165, 1.54) is 13.3 Å². The van der Waals surface area contributed by atoms with Gasteiger partial charge in [-0.3, -0.25) is 4.79 Å². The number of benzene rings is 1. The van der Waals surface area contributed by atoms with Gasteiger partial charge < -0.3 is 30.2 Å². The van der Waals surface area contributed by atoms with Gasteiger partial charge in [0.05, 0.1) is 29.8 Å². The third-order valence-corrected chi connectivity index (χ3v) is 6.24. The summed E-state index contributed by atoms with van der Waals surface area (Å²) in [5, 5.41) is 19.6. The largest absolute Gasteiger partial charge is 0.492 e. The topological polar surface area (TPSA) is 118 Å². The number of ether oxygens (including phenoxy) is 1. The first-order chi connectivity index (χ1) is 14.1. The number of piperidine rings is 1. The zero-order valence-electron chi connectivity index (χ0n) is 17.2. The first-order valence-corrected chi connectivity index (χ1v) is 9.98. The van der Waals surface area contributed by atoms with Crippen LogP contribution in [0.5, 0.6) is 5.75 Å². The minimum absolute atomic E-state index is 0.00238. The molecule has 1 saturated heterocycles. The number of methoxy groups -OCH3 is 1. The number of hydrogen-bond donors (Lipinski definition) is 3. The molecule has 9 heteroatoms. The van der Waals surface area contributed by atoms with E-state index in [1.807, 2.05) is 13.8 Å². The number of pyridine rings is 1. The van der Waals surface area contributed by atoms with E-state index in [1.54, 1.807) is 9.47 Å². The Balaban J connectivity index is 2.06. The van der Waals surface area contributed by atoms with E-state index in [0.29, 0.717) is 25.0 Å². The zero-order valence-corrected chi connectivity index (χ0v) is 17.2. The number of aromatic nitrogens is 1. The Labute approximate surface area is 172 Å². The molecule has 1 aromatic carbocycles. The summed E-state index contributed by atoms with van der Waals surface area (Å²) < 4.78 is 22.9. The van der Waals surface area contributed by atoms with Gasteiger partial charge in [-0.2, -0.15) is 0 Å². The fourth-order valence-electron chi connectivity index (χ4n) is 4.37. The number of rotatable bonds is 4. The Morgan fingerprint density at radius 3 is 2.53 bits per heavy atom. The number of aliphatic hydroxyl groups is 1. The Bertz CT molecular complexity index is 1110. The van der Waals surface area contributed by atoms with Crippen LogP contribution in [0.1, 0.15) is 49.5 Å². The van der Waals surface area contributed by atoms with Gasteiger partial charge in [-0.1, -0.05) is 13.8 Å². The molecule has 1 atom stereocenters. The second-order valence-corrected chi connectivity index (χ2v) is 8.86. The molecule has 8 nitrogen and oxygen atoms in total. The summed E-state index contributed by atoms with van der Waals surface area (Å²) in [5.74, 6) is -2.04. The van der Waals surface area contributed by atoms with Crippen molar-refractivity contribution in [2.45, 2.75) is 45.3 Å². The highest BCUT2D eigenvalue weighted by atomic mass is 19.1. The van der Waals surface area contributed by atoms with Gasteiger partial charge >= 0.3 is 5.97 Å². The van der Waals surface area contributed by atoms with Crippen molar-refractivity contribution in [2.24, 2.45) is 5.41 Å². The van der Waals surface area contributed by atoms with Crippen molar-refractivity contribution in [3.05, 3.63) is 27.8 Å². The molecule has 2 heterocycles. The highest BCUT2D eigenvalue weighted by Crippen LogP contribution is 2.47. The van der Waals surface area contributed by atoms with Crippen LogP contribution < -0.4 is 20.8 Å². The maximum Gasteiger partial charge on any atom is 0.341 e. The molecule has 0 bridgehead atoms. The number of carboxylic acids is 1. The van der Waals surface area contributed by atoms with Crippen molar-refractivity contribution >= 4 is 28.2 Å². The molecular weight excluding hydrogens is 393 g/mol. The lowest BCUT2D eigenvalue weighted by molar-refractivity contribution is 0.0333. The summed E-state index contributed by atoms with van der Waals surface area (Å²) in [4.78, 5) is 26.3. The SMILES string of the molecule is COc1c(N2CCC(O)C(C)(C)C2)c(F)c(N)c2c(=O)c(C(=O)O)cn(C3CC3)c12. The summed E-state index contributed by atoms with van der Waals surface area (Å²) in [5.41, 5.74) is 4.40. The molecule has 0 amide bonds. The molecular formula is C21H26FN3O5. The van der Waals surface area contributed by atoms with Gasteiger partial charge in [-0.05, 0) is 19.3 Å². The molecule has 0 radical (unpaired) electrons. The van der Waals surface area contributed by atoms with E-state index in [9.17, 15) is 19.8 Å². The van der Waals surface area contributed by atoms with E-state index < -0.39 is 34.3 Å². The number of nitrogens with two attached hydrogens (primary N) is 1. The fourth-order valence-corrected chi connectivity index (χ4v) is 4.37. The van der Waals surface area contributed by atoms with E-state index in [-0.39, 0.29) is 28.6 Å². The number of hydrogen-bond acceptors (Lipinski definition) is 6. The number of aliphatic hydroxyl groups excluding tert-OH is 1. The summed E-state index contributed by atoms with van der Waals surface area (Å²) in [7, 11) is 1.39. The summed E-state index contributed by atoms with van der Waals surface area (Å²) >= 11 is 0. The normalized spacial score (nSPS) is 21.1. The highest BCUT2D eigenvalue weighted by Gasteiger charge is 2.39. The predicted octanol–water partition coefficient (Wildman–Crippen LogP) is 2.36. The molecule has 1 aromatic heterocycles. The quantitative estimate of drug-likeness (QED) is 0.651. The van der Waals surface area contributed by atoms with Crippen molar-refractivity contribution in [2.75, 3.05) is 30.8 Å². The van der Waals surface area contributed by atoms with Crippen molar-refractivity contribution < 1.29 is 24.1 Å². The highest BCUT2D eigenvalue weighted by molar-refractivity contribution is 6.03. The Kier molecular flexibility index (Phi) is 4.68. The number of halogens is 1. The fraction of sp³-hybridized carbons (Fsp3) is 0.524. The van der Waals surface area contributed by atoms with Crippen LogP contribution in [0.15, 0.2) is 11.0 Å². The van der Waals surface area contributed by atoms with Gasteiger partial charge in [0, 0.05) is 30.7 Å². The van der Waals surface area contributed by atoms with Crippen LogP contribution in [-0.2, 0) is 0 Å². The van der Waals surface area contributed by atoms with Crippen molar-refractivity contribution in [3.63, 3.8) is 0 Å². The standard InChI is InChI=1S/C21H26FN3O5/c1-21(2)9-24(7-6-12(21)26)17-14(22)15(23)13-16(19(17)30-3)25(10-4-5-10)8-11(18(13)27)20(28)29/h8,10,12,26H,4-7,9,23H2,1-3H3,(H,28,29). The minimum atomic E-state index is -1.38. The van der Waals surface area contributed by atoms with Gasteiger partial charge in [0.1, 0.15) is 11.3 Å². The molecule has 1 aliphatic heterocycles. The molecule has 4 N–H and O–H groups in total. The van der Waals surface area contributed by atoms with Gasteiger partial charge in [-0.15, -0.1) is 0 Å². The molecule has 1 saturated carbocycles. The molecule has 2 aromatic rings. The van der Waals surface area contributed by atoms with Gasteiger partial charge in [0.15, 0.2) is 11.6 Å². The second-order valence-electron chi connectivity index (χ2n) is 8.86. The van der Waals surface area contributed by atoms with Crippen LogP contribution in [-0.4, -0.2) is 47.1 Å². The van der Waals surface area contributed by atoms with Crippen LogP contribution in [0.2, 0.25) is 0 Å². The van der Waals surface area contributed by atoms with Crippen molar-refractivity contribution in [1.29, 1.82) is 0 Å². The Morgan fingerprint density at radius 2 is 2.00 bits per heavy atom. The monoisotopic (exact) mass is 419 g/mol. The number of fused-ring (bicyclic) bond motifs is 1. The molecule has 2 fully saturated rings.